The van der Waals surface area contributed by atoms with Gasteiger partial charge in [-0.05, 0) is 63.9 Å². The minimum atomic E-state index is -0.765. The molecule has 1 aliphatic rings. The summed E-state index contributed by atoms with van der Waals surface area (Å²) in [6, 6.07) is 9.02. The summed E-state index contributed by atoms with van der Waals surface area (Å²) in [6.45, 7) is 6.37. The van der Waals surface area contributed by atoms with Crippen molar-refractivity contribution in [3.8, 4) is 16.9 Å². The molecular weight excluding hydrogens is 378 g/mol. The molecule has 2 heterocycles. The zero-order chi connectivity index (χ0) is 20.3. The van der Waals surface area contributed by atoms with E-state index in [-0.39, 0.29) is 6.04 Å². The molecule has 0 amide bonds. The maximum absolute atomic E-state index is 12.8. The number of hydrogen-bond donors (Lipinski definition) is 2. The number of carbonyl (C=O) groups is 1. The van der Waals surface area contributed by atoms with Gasteiger partial charge in [0.05, 0.1) is 12.2 Å². The van der Waals surface area contributed by atoms with Gasteiger partial charge in [0.1, 0.15) is 16.5 Å². The summed E-state index contributed by atoms with van der Waals surface area (Å²) in [5, 5.41) is 3.66. The van der Waals surface area contributed by atoms with Gasteiger partial charge in [-0.2, -0.15) is 0 Å². The first-order chi connectivity index (χ1) is 13.2. The van der Waals surface area contributed by atoms with Crippen molar-refractivity contribution >= 4 is 23.3 Å². The topological polar surface area (TPSA) is 86.5 Å². The first-order valence-corrected chi connectivity index (χ1v) is 9.75. The van der Waals surface area contributed by atoms with Crippen LogP contribution in [0.2, 0.25) is 5.15 Å². The number of pyridine rings is 1. The molecule has 0 spiro atoms. The van der Waals surface area contributed by atoms with Gasteiger partial charge in [0.2, 0.25) is 6.10 Å². The van der Waals surface area contributed by atoms with Crippen molar-refractivity contribution in [3.05, 3.63) is 41.7 Å². The molecule has 150 valence electrons. The molecule has 0 aliphatic carbocycles. The van der Waals surface area contributed by atoms with Gasteiger partial charge >= 0.3 is 5.97 Å². The van der Waals surface area contributed by atoms with Crippen LogP contribution < -0.4 is 15.8 Å². The maximum atomic E-state index is 12.8. The van der Waals surface area contributed by atoms with E-state index in [9.17, 15) is 4.79 Å². The first kappa shape index (κ1) is 20.4. The van der Waals surface area contributed by atoms with E-state index in [4.69, 9.17) is 26.8 Å². The number of nitrogens with two attached hydrogens (primary N) is 1. The first-order valence-electron chi connectivity index (χ1n) is 9.37. The molecule has 7 heteroatoms. The Labute approximate surface area is 170 Å². The van der Waals surface area contributed by atoms with Crippen LogP contribution in [0.3, 0.4) is 0 Å². The Kier molecular flexibility index (Phi) is 6.10. The third kappa shape index (κ3) is 5.14. The van der Waals surface area contributed by atoms with Crippen LogP contribution in [-0.2, 0) is 9.53 Å². The minimum Gasteiger partial charge on any atom is -0.475 e. The molecule has 1 saturated heterocycles. The number of anilines is 1. The Morgan fingerprint density at radius 2 is 2.14 bits per heavy atom. The molecule has 2 atom stereocenters. The Hall–Kier alpha value is -2.31. The highest BCUT2D eigenvalue weighted by atomic mass is 35.5. The molecule has 1 unspecified atom stereocenters. The number of nitrogen functional groups attached to an aromatic ring is 1. The highest BCUT2D eigenvalue weighted by Crippen LogP contribution is 2.31. The van der Waals surface area contributed by atoms with Gasteiger partial charge in [-0.15, -0.1) is 0 Å². The van der Waals surface area contributed by atoms with Gasteiger partial charge in [0.25, 0.3) is 0 Å². The van der Waals surface area contributed by atoms with Crippen LogP contribution in [0.15, 0.2) is 36.5 Å². The molecule has 6 nitrogen and oxygen atoms in total. The largest absolute Gasteiger partial charge is 0.475 e. The van der Waals surface area contributed by atoms with E-state index in [0.717, 1.165) is 24.9 Å². The van der Waals surface area contributed by atoms with Gasteiger partial charge < -0.3 is 20.5 Å². The lowest BCUT2D eigenvalue weighted by Crippen LogP contribution is -2.47. The Balaban J connectivity index is 1.88. The summed E-state index contributed by atoms with van der Waals surface area (Å²) in [5.41, 5.74) is 7.43. The minimum absolute atomic E-state index is 0.110. The molecule has 3 N–H and O–H groups in total. The standard InChI is InChI=1S/C21H26ClN3O3/c1-21(2,3)28-20(26)18(17-8-5-9-24-17)27-15-11-16(19(22)25-12-15)13-6-4-7-14(23)10-13/h4,6-7,10-12,17-18,24H,5,8-9,23H2,1-3H3/t17-,18?/m1/s1. The number of aromatic nitrogens is 1. The Bertz CT molecular complexity index is 845. The molecule has 0 saturated carbocycles. The van der Waals surface area contributed by atoms with E-state index >= 15 is 0 Å². The van der Waals surface area contributed by atoms with E-state index in [1.165, 1.54) is 6.20 Å². The third-order valence-corrected chi connectivity index (χ3v) is 4.68. The maximum Gasteiger partial charge on any atom is 0.349 e. The van der Waals surface area contributed by atoms with E-state index < -0.39 is 17.7 Å². The van der Waals surface area contributed by atoms with Crippen LogP contribution in [0.25, 0.3) is 11.1 Å². The van der Waals surface area contributed by atoms with Gasteiger partial charge in [-0.3, -0.25) is 0 Å². The second-order valence-corrected chi connectivity index (χ2v) is 8.27. The average Bonchev–Trinajstić information content (AvgIpc) is 3.13. The second kappa shape index (κ2) is 8.37. The summed E-state index contributed by atoms with van der Waals surface area (Å²) >= 11 is 6.28. The molecular formula is C21H26ClN3O3. The number of esters is 1. The van der Waals surface area contributed by atoms with Crippen LogP contribution in [0, 0.1) is 0 Å². The molecule has 1 aromatic heterocycles. The Morgan fingerprint density at radius 1 is 1.36 bits per heavy atom. The molecule has 0 radical (unpaired) electrons. The van der Waals surface area contributed by atoms with E-state index in [2.05, 4.69) is 10.3 Å². The highest BCUT2D eigenvalue weighted by molar-refractivity contribution is 6.32. The number of benzene rings is 1. The number of hydrogen-bond acceptors (Lipinski definition) is 6. The average molecular weight is 404 g/mol. The number of nitrogens with one attached hydrogen (secondary N) is 1. The molecule has 28 heavy (non-hydrogen) atoms. The molecule has 1 aromatic carbocycles. The molecule has 0 bridgehead atoms. The predicted molar refractivity (Wildman–Crippen MR) is 110 cm³/mol. The lowest BCUT2D eigenvalue weighted by Gasteiger charge is -2.27. The van der Waals surface area contributed by atoms with Crippen LogP contribution in [-0.4, -0.2) is 35.2 Å². The van der Waals surface area contributed by atoms with E-state index in [0.29, 0.717) is 22.2 Å². The SMILES string of the molecule is CC(C)(C)OC(=O)C(Oc1cnc(Cl)c(-c2cccc(N)c2)c1)[C@H]1CCCN1. The van der Waals surface area contributed by atoms with E-state index in [1.54, 1.807) is 12.1 Å². The fourth-order valence-corrected chi connectivity index (χ4v) is 3.39. The zero-order valence-corrected chi connectivity index (χ0v) is 17.1. The third-order valence-electron chi connectivity index (χ3n) is 4.38. The lowest BCUT2D eigenvalue weighted by molar-refractivity contribution is -0.164. The summed E-state index contributed by atoms with van der Waals surface area (Å²) in [7, 11) is 0. The van der Waals surface area contributed by atoms with Crippen LogP contribution in [0.4, 0.5) is 5.69 Å². The van der Waals surface area contributed by atoms with Gasteiger partial charge in [0, 0.05) is 11.3 Å². The smallest absolute Gasteiger partial charge is 0.349 e. The summed E-state index contributed by atoms with van der Waals surface area (Å²) in [5.74, 6) is 0.0544. The normalized spacial score (nSPS) is 17.9. The monoisotopic (exact) mass is 403 g/mol. The number of carbonyl (C=O) groups excluding carboxylic acids is 1. The second-order valence-electron chi connectivity index (χ2n) is 7.91. The van der Waals surface area contributed by atoms with Crippen LogP contribution in [0.1, 0.15) is 33.6 Å². The van der Waals surface area contributed by atoms with Crippen molar-refractivity contribution in [2.45, 2.75) is 51.4 Å². The fourth-order valence-electron chi connectivity index (χ4n) is 3.17. The quantitative estimate of drug-likeness (QED) is 0.448. The number of halogens is 1. The van der Waals surface area contributed by atoms with Gasteiger partial charge in [-0.1, -0.05) is 23.7 Å². The summed E-state index contributed by atoms with van der Waals surface area (Å²) in [6.07, 6.45) is 2.58. The lowest BCUT2D eigenvalue weighted by atomic mass is 10.1. The fraction of sp³-hybridized carbons (Fsp3) is 0.429. The van der Waals surface area contributed by atoms with Crippen LogP contribution in [0.5, 0.6) is 5.75 Å². The van der Waals surface area contributed by atoms with Crippen molar-refractivity contribution in [1.82, 2.24) is 10.3 Å². The van der Waals surface area contributed by atoms with Crippen molar-refractivity contribution in [2.75, 3.05) is 12.3 Å². The molecule has 2 aromatic rings. The zero-order valence-electron chi connectivity index (χ0n) is 16.4. The Morgan fingerprint density at radius 3 is 2.79 bits per heavy atom. The van der Waals surface area contributed by atoms with E-state index in [1.807, 2.05) is 39.0 Å². The predicted octanol–water partition coefficient (Wildman–Crippen LogP) is 3.83. The van der Waals surface area contributed by atoms with Crippen molar-refractivity contribution in [3.63, 3.8) is 0 Å². The van der Waals surface area contributed by atoms with Crippen molar-refractivity contribution in [2.24, 2.45) is 0 Å². The molecule has 3 rings (SSSR count). The molecule has 1 aliphatic heterocycles. The van der Waals surface area contributed by atoms with Gasteiger partial charge in [-0.25, -0.2) is 9.78 Å². The van der Waals surface area contributed by atoms with Gasteiger partial charge in [0.15, 0.2) is 0 Å². The number of nitrogens with zero attached hydrogens (tertiary/aromatic N) is 1. The van der Waals surface area contributed by atoms with Crippen LogP contribution >= 0.6 is 11.6 Å². The number of ether oxygens (including phenoxy) is 2. The summed E-state index contributed by atoms with van der Waals surface area (Å²) < 4.78 is 11.6. The van der Waals surface area contributed by atoms with Crippen molar-refractivity contribution in [1.29, 1.82) is 0 Å². The number of rotatable bonds is 5. The van der Waals surface area contributed by atoms with Crippen molar-refractivity contribution < 1.29 is 14.3 Å². The molecule has 1 fully saturated rings. The highest BCUT2D eigenvalue weighted by Gasteiger charge is 2.36. The summed E-state index contributed by atoms with van der Waals surface area (Å²) in [4.78, 5) is 17.0.